The van der Waals surface area contributed by atoms with E-state index in [0.29, 0.717) is 0 Å². The number of nitrogens with one attached hydrogen (secondary N) is 1. The van der Waals surface area contributed by atoms with E-state index in [1.165, 1.54) is 0 Å². The highest BCUT2D eigenvalue weighted by atomic mass is 16.5. The second kappa shape index (κ2) is 7.46. The van der Waals surface area contributed by atoms with Crippen LogP contribution in [-0.4, -0.2) is 32.4 Å². The van der Waals surface area contributed by atoms with E-state index in [-0.39, 0.29) is 5.41 Å². The number of pyridine rings is 1. The van der Waals surface area contributed by atoms with Crippen molar-refractivity contribution < 1.29 is 9.47 Å². The Kier molecular flexibility index (Phi) is 6.25. The topological polar surface area (TPSA) is 43.4 Å². The van der Waals surface area contributed by atoms with Crippen molar-refractivity contribution in [2.24, 2.45) is 5.41 Å². The van der Waals surface area contributed by atoms with Crippen LogP contribution in [-0.2, 0) is 11.3 Å². The molecule has 0 spiro atoms. The largest absolute Gasteiger partial charge is 0.497 e. The second-order valence-corrected chi connectivity index (χ2v) is 5.65. The molecule has 0 aliphatic heterocycles. The lowest BCUT2D eigenvalue weighted by Gasteiger charge is -2.24. The van der Waals surface area contributed by atoms with Crippen LogP contribution in [0.4, 0.5) is 0 Å². The van der Waals surface area contributed by atoms with Crippen molar-refractivity contribution >= 4 is 0 Å². The molecule has 1 aromatic rings. The normalized spacial score (nSPS) is 11.6. The van der Waals surface area contributed by atoms with E-state index in [1.54, 1.807) is 14.2 Å². The van der Waals surface area contributed by atoms with Crippen molar-refractivity contribution in [1.82, 2.24) is 10.3 Å². The van der Waals surface area contributed by atoms with Gasteiger partial charge in [0.2, 0.25) is 0 Å². The van der Waals surface area contributed by atoms with Crippen molar-refractivity contribution in [1.29, 1.82) is 0 Å². The Balaban J connectivity index is 2.46. The molecular weight excluding hydrogens is 240 g/mol. The number of methoxy groups -OCH3 is 2. The van der Waals surface area contributed by atoms with Gasteiger partial charge < -0.3 is 14.8 Å². The number of aryl methyl sites for hydroxylation is 1. The lowest BCUT2D eigenvalue weighted by atomic mass is 9.90. The van der Waals surface area contributed by atoms with Gasteiger partial charge in [-0.3, -0.25) is 4.98 Å². The number of aromatic nitrogens is 1. The van der Waals surface area contributed by atoms with Gasteiger partial charge in [-0.25, -0.2) is 0 Å². The van der Waals surface area contributed by atoms with Crippen molar-refractivity contribution in [3.05, 3.63) is 23.5 Å². The summed E-state index contributed by atoms with van der Waals surface area (Å²) in [5, 5.41) is 3.46. The molecule has 0 saturated carbocycles. The number of hydrogen-bond acceptors (Lipinski definition) is 4. The molecule has 19 heavy (non-hydrogen) atoms. The second-order valence-electron chi connectivity index (χ2n) is 5.65. The summed E-state index contributed by atoms with van der Waals surface area (Å²) < 4.78 is 10.4. The zero-order valence-corrected chi connectivity index (χ0v) is 12.7. The van der Waals surface area contributed by atoms with Gasteiger partial charge in [0.15, 0.2) is 0 Å². The molecule has 0 aliphatic carbocycles. The Bertz CT molecular complexity index is 392. The zero-order valence-electron chi connectivity index (χ0n) is 12.7. The first-order valence-electron chi connectivity index (χ1n) is 6.68. The van der Waals surface area contributed by atoms with Crippen molar-refractivity contribution in [2.45, 2.75) is 33.7 Å². The van der Waals surface area contributed by atoms with E-state index in [2.05, 4.69) is 24.1 Å². The van der Waals surface area contributed by atoms with Crippen LogP contribution in [0.15, 0.2) is 12.1 Å². The van der Waals surface area contributed by atoms with E-state index in [0.717, 1.165) is 43.3 Å². The van der Waals surface area contributed by atoms with Crippen LogP contribution in [0.3, 0.4) is 0 Å². The predicted molar refractivity (Wildman–Crippen MR) is 77.5 cm³/mol. The first-order chi connectivity index (χ1) is 8.96. The van der Waals surface area contributed by atoms with Crippen molar-refractivity contribution in [2.75, 3.05) is 27.4 Å². The highest BCUT2D eigenvalue weighted by Crippen LogP contribution is 2.19. The maximum atomic E-state index is 5.25. The summed E-state index contributed by atoms with van der Waals surface area (Å²) >= 11 is 0. The number of nitrogens with zero attached hydrogens (tertiary/aromatic N) is 1. The number of rotatable bonds is 8. The van der Waals surface area contributed by atoms with Crippen LogP contribution >= 0.6 is 0 Å². The summed E-state index contributed by atoms with van der Waals surface area (Å²) in [6.07, 6.45) is 1.04. The summed E-state index contributed by atoms with van der Waals surface area (Å²) in [6.45, 7) is 8.95. The third-order valence-corrected chi connectivity index (χ3v) is 3.11. The fraction of sp³-hybridized carbons (Fsp3) is 0.667. The molecule has 0 saturated heterocycles. The first-order valence-corrected chi connectivity index (χ1v) is 6.68. The molecular formula is C15H26N2O2. The fourth-order valence-electron chi connectivity index (χ4n) is 1.91. The molecule has 1 aromatic heterocycles. The minimum atomic E-state index is 0.226. The van der Waals surface area contributed by atoms with Crippen LogP contribution in [0, 0.1) is 12.3 Å². The third-order valence-electron chi connectivity index (χ3n) is 3.11. The minimum absolute atomic E-state index is 0.226. The maximum Gasteiger partial charge on any atom is 0.122 e. The van der Waals surface area contributed by atoms with Crippen LogP contribution in [0.25, 0.3) is 0 Å². The summed E-state index contributed by atoms with van der Waals surface area (Å²) in [5.74, 6) is 0.864. The summed E-state index contributed by atoms with van der Waals surface area (Å²) in [7, 11) is 3.42. The third kappa shape index (κ3) is 6.03. The summed E-state index contributed by atoms with van der Waals surface area (Å²) in [4.78, 5) is 4.50. The molecule has 0 radical (unpaired) electrons. The van der Waals surface area contributed by atoms with Crippen LogP contribution < -0.4 is 10.1 Å². The van der Waals surface area contributed by atoms with Gasteiger partial charge >= 0.3 is 0 Å². The SMILES string of the molecule is COCCC(C)(C)CNCc1cc(OC)cc(C)n1. The Labute approximate surface area is 116 Å². The molecule has 0 aliphatic rings. The molecule has 1 rings (SSSR count). The molecule has 4 heteroatoms. The Morgan fingerprint density at radius 1 is 1.26 bits per heavy atom. The van der Waals surface area contributed by atoms with Gasteiger partial charge in [-0.05, 0) is 18.8 Å². The maximum absolute atomic E-state index is 5.25. The minimum Gasteiger partial charge on any atom is -0.497 e. The van der Waals surface area contributed by atoms with Crippen molar-refractivity contribution in [3.63, 3.8) is 0 Å². The highest BCUT2D eigenvalue weighted by Gasteiger charge is 2.16. The molecule has 0 aromatic carbocycles. The van der Waals surface area contributed by atoms with Crippen LogP contribution in [0.1, 0.15) is 31.7 Å². The van der Waals surface area contributed by atoms with Gasteiger partial charge in [0.25, 0.3) is 0 Å². The van der Waals surface area contributed by atoms with Gasteiger partial charge in [0.1, 0.15) is 5.75 Å². The van der Waals surface area contributed by atoms with E-state index < -0.39 is 0 Å². The van der Waals surface area contributed by atoms with E-state index in [1.807, 2.05) is 19.1 Å². The predicted octanol–water partition coefficient (Wildman–Crippen LogP) is 2.55. The lowest BCUT2D eigenvalue weighted by Crippen LogP contribution is -2.30. The van der Waals surface area contributed by atoms with Gasteiger partial charge in [0, 0.05) is 44.6 Å². The van der Waals surface area contributed by atoms with Gasteiger partial charge in [0.05, 0.1) is 12.8 Å². The van der Waals surface area contributed by atoms with E-state index in [9.17, 15) is 0 Å². The number of ether oxygens (including phenoxy) is 2. The fourth-order valence-corrected chi connectivity index (χ4v) is 1.91. The molecule has 0 fully saturated rings. The Hall–Kier alpha value is -1.13. The van der Waals surface area contributed by atoms with Crippen molar-refractivity contribution in [3.8, 4) is 5.75 Å². The van der Waals surface area contributed by atoms with Gasteiger partial charge in [-0.15, -0.1) is 0 Å². The molecule has 1 heterocycles. The zero-order chi connectivity index (χ0) is 14.3. The molecule has 1 N–H and O–H groups in total. The highest BCUT2D eigenvalue weighted by molar-refractivity contribution is 5.26. The van der Waals surface area contributed by atoms with Crippen LogP contribution in [0.5, 0.6) is 5.75 Å². The quantitative estimate of drug-likeness (QED) is 0.785. The molecule has 4 nitrogen and oxygen atoms in total. The van der Waals surface area contributed by atoms with E-state index in [4.69, 9.17) is 9.47 Å². The van der Waals surface area contributed by atoms with Crippen LogP contribution in [0.2, 0.25) is 0 Å². The van der Waals surface area contributed by atoms with Gasteiger partial charge in [-0.2, -0.15) is 0 Å². The Morgan fingerprint density at radius 2 is 2.00 bits per heavy atom. The standard InChI is InChI=1S/C15H26N2O2/c1-12-8-14(19-5)9-13(17-12)10-16-11-15(2,3)6-7-18-4/h8-9,16H,6-7,10-11H2,1-5H3. The van der Waals surface area contributed by atoms with Gasteiger partial charge in [-0.1, -0.05) is 13.8 Å². The van der Waals surface area contributed by atoms with E-state index >= 15 is 0 Å². The number of hydrogen-bond donors (Lipinski definition) is 1. The molecule has 0 atom stereocenters. The Morgan fingerprint density at radius 3 is 2.63 bits per heavy atom. The average molecular weight is 266 g/mol. The molecule has 0 amide bonds. The molecule has 108 valence electrons. The lowest BCUT2D eigenvalue weighted by molar-refractivity contribution is 0.150. The monoisotopic (exact) mass is 266 g/mol. The first kappa shape index (κ1) is 15.9. The summed E-state index contributed by atoms with van der Waals surface area (Å²) in [6, 6.07) is 3.91. The average Bonchev–Trinajstić information content (AvgIpc) is 2.35. The molecule has 0 bridgehead atoms. The summed E-state index contributed by atoms with van der Waals surface area (Å²) in [5.41, 5.74) is 2.22. The smallest absolute Gasteiger partial charge is 0.122 e. The molecule has 0 unspecified atom stereocenters.